The first-order chi connectivity index (χ1) is 9.87. The Bertz CT molecular complexity index is 692. The molecule has 0 unspecified atom stereocenters. The fourth-order valence-electron chi connectivity index (χ4n) is 2.34. The zero-order valence-electron chi connectivity index (χ0n) is 10.8. The Labute approximate surface area is 117 Å². The van der Waals surface area contributed by atoms with Crippen LogP contribution in [0.15, 0.2) is 24.4 Å². The predicted molar refractivity (Wildman–Crippen MR) is 68.6 cm³/mol. The van der Waals surface area contributed by atoms with Crippen molar-refractivity contribution >= 4 is 17.4 Å². The molecule has 0 saturated heterocycles. The van der Waals surface area contributed by atoms with Crippen molar-refractivity contribution in [2.75, 3.05) is 11.4 Å². The van der Waals surface area contributed by atoms with Crippen molar-refractivity contribution in [1.82, 2.24) is 9.38 Å². The standard InChI is InChI=1S/C13H12F3N3O2/c14-13(15,16)7-19(8-4-5-8)11-10(12(20)21)18-6-2-1-3-9(18)17-11/h1-3,6,8H,4-5,7H2,(H,20,21). The number of carboxylic acids is 1. The van der Waals surface area contributed by atoms with Crippen LogP contribution in [-0.4, -0.2) is 39.2 Å². The number of nitrogens with zero attached hydrogens (tertiary/aromatic N) is 3. The first kappa shape index (κ1) is 13.7. The summed E-state index contributed by atoms with van der Waals surface area (Å²) in [5, 5.41) is 9.33. The van der Waals surface area contributed by atoms with Gasteiger partial charge in [-0.1, -0.05) is 6.07 Å². The summed E-state index contributed by atoms with van der Waals surface area (Å²) in [6.45, 7) is -1.19. The molecule has 112 valence electrons. The third-order valence-corrected chi connectivity index (χ3v) is 3.32. The summed E-state index contributed by atoms with van der Waals surface area (Å²) in [4.78, 5) is 16.6. The summed E-state index contributed by atoms with van der Waals surface area (Å²) >= 11 is 0. The highest BCUT2D eigenvalue weighted by Gasteiger charge is 2.41. The molecule has 1 fully saturated rings. The molecule has 1 aliphatic carbocycles. The fourth-order valence-corrected chi connectivity index (χ4v) is 2.34. The van der Waals surface area contributed by atoms with Gasteiger partial charge in [0.05, 0.1) is 0 Å². The van der Waals surface area contributed by atoms with E-state index in [0.717, 1.165) is 4.90 Å². The first-order valence-electron chi connectivity index (χ1n) is 6.40. The number of anilines is 1. The molecule has 21 heavy (non-hydrogen) atoms. The van der Waals surface area contributed by atoms with Crippen LogP contribution in [0.3, 0.4) is 0 Å². The van der Waals surface area contributed by atoms with Gasteiger partial charge in [0.15, 0.2) is 11.5 Å². The number of aromatic carboxylic acids is 1. The third-order valence-electron chi connectivity index (χ3n) is 3.32. The van der Waals surface area contributed by atoms with Crippen LogP contribution in [0.2, 0.25) is 0 Å². The molecule has 0 atom stereocenters. The molecule has 0 aromatic carbocycles. The van der Waals surface area contributed by atoms with E-state index in [1.54, 1.807) is 18.2 Å². The van der Waals surface area contributed by atoms with Gasteiger partial charge in [-0.3, -0.25) is 4.40 Å². The second kappa shape index (κ2) is 4.64. The molecule has 2 heterocycles. The highest BCUT2D eigenvalue weighted by molar-refractivity contribution is 5.93. The van der Waals surface area contributed by atoms with Crippen LogP contribution in [0.25, 0.3) is 5.65 Å². The zero-order chi connectivity index (χ0) is 15.2. The van der Waals surface area contributed by atoms with Gasteiger partial charge >= 0.3 is 12.1 Å². The van der Waals surface area contributed by atoms with Crippen molar-refractivity contribution in [3.05, 3.63) is 30.1 Å². The van der Waals surface area contributed by atoms with Gasteiger partial charge < -0.3 is 10.0 Å². The number of halogens is 3. The number of carboxylic acid groups (broad SMARTS) is 1. The Morgan fingerprint density at radius 3 is 2.71 bits per heavy atom. The Balaban J connectivity index is 2.12. The molecule has 0 aliphatic heterocycles. The van der Waals surface area contributed by atoms with Crippen molar-refractivity contribution in [2.45, 2.75) is 25.1 Å². The topological polar surface area (TPSA) is 57.8 Å². The number of pyridine rings is 1. The number of aromatic nitrogens is 2. The van der Waals surface area contributed by atoms with Crippen molar-refractivity contribution in [3.63, 3.8) is 0 Å². The molecule has 0 bridgehead atoms. The minimum Gasteiger partial charge on any atom is -0.476 e. The molecule has 8 heteroatoms. The monoisotopic (exact) mass is 299 g/mol. The summed E-state index contributed by atoms with van der Waals surface area (Å²) in [5.74, 6) is -1.41. The molecule has 5 nitrogen and oxygen atoms in total. The van der Waals surface area contributed by atoms with Gasteiger partial charge in [0.1, 0.15) is 12.2 Å². The summed E-state index contributed by atoms with van der Waals surface area (Å²) in [7, 11) is 0. The molecule has 3 rings (SSSR count). The van der Waals surface area contributed by atoms with Gasteiger partial charge in [0.2, 0.25) is 0 Å². The lowest BCUT2D eigenvalue weighted by atomic mass is 10.3. The Morgan fingerprint density at radius 2 is 2.14 bits per heavy atom. The van der Waals surface area contributed by atoms with Crippen molar-refractivity contribution in [3.8, 4) is 0 Å². The van der Waals surface area contributed by atoms with E-state index in [1.165, 1.54) is 10.6 Å². The van der Waals surface area contributed by atoms with Crippen LogP contribution >= 0.6 is 0 Å². The lowest BCUT2D eigenvalue weighted by Gasteiger charge is -2.24. The van der Waals surface area contributed by atoms with Crippen LogP contribution in [0.5, 0.6) is 0 Å². The van der Waals surface area contributed by atoms with E-state index >= 15 is 0 Å². The van der Waals surface area contributed by atoms with E-state index in [-0.39, 0.29) is 17.6 Å². The van der Waals surface area contributed by atoms with E-state index in [4.69, 9.17) is 0 Å². The van der Waals surface area contributed by atoms with Gasteiger partial charge in [0, 0.05) is 12.2 Å². The van der Waals surface area contributed by atoms with Crippen LogP contribution in [-0.2, 0) is 0 Å². The maximum atomic E-state index is 12.7. The second-order valence-electron chi connectivity index (χ2n) is 4.99. The molecular formula is C13H12F3N3O2. The molecule has 0 amide bonds. The number of hydrogen-bond acceptors (Lipinski definition) is 3. The number of carbonyl (C=O) groups is 1. The zero-order valence-corrected chi connectivity index (χ0v) is 10.8. The van der Waals surface area contributed by atoms with Crippen LogP contribution in [0.1, 0.15) is 23.3 Å². The Kier molecular flexibility index (Phi) is 3.03. The van der Waals surface area contributed by atoms with E-state index < -0.39 is 18.7 Å². The summed E-state index contributed by atoms with van der Waals surface area (Å²) in [5.41, 5.74) is 0.0828. The van der Waals surface area contributed by atoms with E-state index in [2.05, 4.69) is 4.98 Å². The van der Waals surface area contributed by atoms with Gasteiger partial charge in [-0.15, -0.1) is 0 Å². The average Bonchev–Trinajstić information content (AvgIpc) is 3.14. The highest BCUT2D eigenvalue weighted by atomic mass is 19.4. The molecule has 1 aliphatic rings. The smallest absolute Gasteiger partial charge is 0.405 e. The lowest BCUT2D eigenvalue weighted by Crippen LogP contribution is -2.37. The van der Waals surface area contributed by atoms with Crippen molar-refractivity contribution < 1.29 is 23.1 Å². The molecule has 2 aromatic rings. The van der Waals surface area contributed by atoms with Crippen molar-refractivity contribution in [1.29, 1.82) is 0 Å². The third kappa shape index (κ3) is 2.65. The SMILES string of the molecule is O=C(O)c1c(N(CC(F)(F)F)C2CC2)nc2ccccn12. The number of hydrogen-bond donors (Lipinski definition) is 1. The van der Waals surface area contributed by atoms with E-state index in [9.17, 15) is 23.1 Å². The van der Waals surface area contributed by atoms with Crippen LogP contribution in [0.4, 0.5) is 19.0 Å². The summed E-state index contributed by atoms with van der Waals surface area (Å²) < 4.78 is 39.5. The minimum atomic E-state index is -4.41. The maximum Gasteiger partial charge on any atom is 0.405 e. The predicted octanol–water partition coefficient (Wildman–Crippen LogP) is 2.56. The summed E-state index contributed by atoms with van der Waals surface area (Å²) in [6.07, 6.45) is -1.70. The van der Waals surface area contributed by atoms with E-state index in [0.29, 0.717) is 18.5 Å². The first-order valence-corrected chi connectivity index (χ1v) is 6.40. The largest absolute Gasteiger partial charge is 0.476 e. The Hall–Kier alpha value is -2.25. The summed E-state index contributed by atoms with van der Waals surface area (Å²) in [6, 6.07) is 4.53. The number of alkyl halides is 3. The van der Waals surface area contributed by atoms with Crippen LogP contribution in [0, 0.1) is 0 Å². The number of imidazole rings is 1. The van der Waals surface area contributed by atoms with E-state index in [1.807, 2.05) is 0 Å². The lowest BCUT2D eigenvalue weighted by molar-refractivity contribution is -0.120. The molecular weight excluding hydrogens is 287 g/mol. The quantitative estimate of drug-likeness (QED) is 0.942. The molecule has 2 aromatic heterocycles. The highest BCUT2D eigenvalue weighted by Crippen LogP contribution is 2.35. The molecule has 0 spiro atoms. The van der Waals surface area contributed by atoms with Gasteiger partial charge in [-0.05, 0) is 25.0 Å². The van der Waals surface area contributed by atoms with Crippen molar-refractivity contribution in [2.24, 2.45) is 0 Å². The molecule has 1 N–H and O–H groups in total. The maximum absolute atomic E-state index is 12.7. The van der Waals surface area contributed by atoms with Crippen LogP contribution < -0.4 is 4.90 Å². The average molecular weight is 299 g/mol. The minimum absolute atomic E-state index is 0.117. The molecule has 1 saturated carbocycles. The van der Waals surface area contributed by atoms with Gasteiger partial charge in [-0.25, -0.2) is 9.78 Å². The normalized spacial score (nSPS) is 15.4. The number of rotatable bonds is 4. The Morgan fingerprint density at radius 1 is 1.43 bits per heavy atom. The second-order valence-corrected chi connectivity index (χ2v) is 4.99. The van der Waals surface area contributed by atoms with Gasteiger partial charge in [0.25, 0.3) is 0 Å². The fraction of sp³-hybridized carbons (Fsp3) is 0.385. The molecule has 0 radical (unpaired) electrons. The van der Waals surface area contributed by atoms with Gasteiger partial charge in [-0.2, -0.15) is 13.2 Å². The number of fused-ring (bicyclic) bond motifs is 1.